The van der Waals surface area contributed by atoms with Crippen LogP contribution in [-0.4, -0.2) is 16.6 Å². The highest BCUT2D eigenvalue weighted by molar-refractivity contribution is 7.80. The van der Waals surface area contributed by atoms with Crippen molar-refractivity contribution in [3.63, 3.8) is 0 Å². The van der Waals surface area contributed by atoms with Gasteiger partial charge < -0.3 is 15.2 Å². The summed E-state index contributed by atoms with van der Waals surface area (Å²) in [5, 5.41) is 0. The summed E-state index contributed by atoms with van der Waals surface area (Å²) in [6.07, 6.45) is 2.53. The van der Waals surface area contributed by atoms with Gasteiger partial charge in [-0.25, -0.2) is 4.98 Å². The number of ether oxygens (including phenoxy) is 2. The van der Waals surface area contributed by atoms with E-state index in [9.17, 15) is 0 Å². The molecule has 104 valence electrons. The number of thiocarbonyl (C=S) groups is 1. The van der Waals surface area contributed by atoms with E-state index in [4.69, 9.17) is 27.4 Å². The van der Waals surface area contributed by atoms with Crippen LogP contribution in [-0.2, 0) is 0 Å². The highest BCUT2D eigenvalue weighted by Gasteiger charge is 2.06. The number of benzene rings is 1. The zero-order valence-electron chi connectivity index (χ0n) is 11.2. The van der Waals surface area contributed by atoms with Crippen LogP contribution in [0.15, 0.2) is 42.6 Å². The smallest absolute Gasteiger partial charge is 0.169 e. The molecule has 0 saturated carbocycles. The number of nitrogens with zero attached hydrogens (tertiary/aromatic N) is 1. The average Bonchev–Trinajstić information content (AvgIpc) is 2.47. The third-order valence-electron chi connectivity index (χ3n) is 2.53. The van der Waals surface area contributed by atoms with Crippen molar-refractivity contribution in [2.75, 3.05) is 6.61 Å². The van der Waals surface area contributed by atoms with Crippen molar-refractivity contribution in [2.45, 2.75) is 13.3 Å². The summed E-state index contributed by atoms with van der Waals surface area (Å²) in [5.74, 6) is 1.98. The van der Waals surface area contributed by atoms with Crippen molar-refractivity contribution < 1.29 is 9.47 Å². The molecule has 0 unspecified atom stereocenters. The minimum Gasteiger partial charge on any atom is -0.490 e. The van der Waals surface area contributed by atoms with E-state index in [1.165, 1.54) is 0 Å². The molecule has 0 spiro atoms. The van der Waals surface area contributed by atoms with Crippen LogP contribution in [0.1, 0.15) is 19.0 Å². The van der Waals surface area contributed by atoms with Gasteiger partial charge in [0, 0.05) is 0 Å². The van der Waals surface area contributed by atoms with Crippen molar-refractivity contribution >= 4 is 17.2 Å². The van der Waals surface area contributed by atoms with E-state index in [2.05, 4.69) is 11.9 Å². The Balaban J connectivity index is 2.14. The largest absolute Gasteiger partial charge is 0.490 e. The van der Waals surface area contributed by atoms with Crippen LogP contribution < -0.4 is 15.2 Å². The summed E-state index contributed by atoms with van der Waals surface area (Å²) >= 11 is 4.86. The predicted octanol–water partition coefficient (Wildman–Crippen LogP) is 3.30. The first-order chi connectivity index (χ1) is 9.70. The van der Waals surface area contributed by atoms with E-state index in [-0.39, 0.29) is 4.99 Å². The Morgan fingerprint density at radius 3 is 2.55 bits per heavy atom. The second-order valence-electron chi connectivity index (χ2n) is 4.14. The minimum atomic E-state index is 0.267. The maximum absolute atomic E-state index is 5.77. The first-order valence-corrected chi connectivity index (χ1v) is 6.77. The zero-order valence-corrected chi connectivity index (χ0v) is 12.0. The molecular formula is C15H16N2O2S. The quantitative estimate of drug-likeness (QED) is 0.826. The molecule has 5 heteroatoms. The van der Waals surface area contributed by atoms with Gasteiger partial charge in [0.2, 0.25) is 0 Å². The number of aromatic nitrogens is 1. The minimum absolute atomic E-state index is 0.267. The molecule has 0 aliphatic carbocycles. The van der Waals surface area contributed by atoms with Gasteiger partial charge in [0.05, 0.1) is 18.5 Å². The van der Waals surface area contributed by atoms with Gasteiger partial charge in [-0.3, -0.25) is 0 Å². The molecule has 1 aromatic carbocycles. The van der Waals surface area contributed by atoms with E-state index in [1.54, 1.807) is 18.3 Å². The molecule has 0 fully saturated rings. The van der Waals surface area contributed by atoms with Crippen LogP contribution in [0, 0.1) is 0 Å². The maximum Gasteiger partial charge on any atom is 0.169 e. The molecule has 0 bridgehead atoms. The van der Waals surface area contributed by atoms with Crippen LogP contribution in [0.4, 0.5) is 0 Å². The van der Waals surface area contributed by atoms with Gasteiger partial charge in [-0.2, -0.15) is 0 Å². The number of nitrogens with two attached hydrogens (primary N) is 1. The van der Waals surface area contributed by atoms with E-state index < -0.39 is 0 Å². The van der Waals surface area contributed by atoms with E-state index in [1.807, 2.05) is 24.3 Å². The Hall–Kier alpha value is -2.14. The SMILES string of the molecule is CCCOc1ccccc1Oc1ccc(C(N)=S)nc1. The van der Waals surface area contributed by atoms with E-state index >= 15 is 0 Å². The highest BCUT2D eigenvalue weighted by Crippen LogP contribution is 2.30. The molecule has 0 amide bonds. The zero-order chi connectivity index (χ0) is 14.4. The highest BCUT2D eigenvalue weighted by atomic mass is 32.1. The molecule has 20 heavy (non-hydrogen) atoms. The molecule has 0 aliphatic rings. The van der Waals surface area contributed by atoms with Gasteiger partial charge in [0.1, 0.15) is 10.7 Å². The lowest BCUT2D eigenvalue weighted by Gasteiger charge is -2.11. The second kappa shape index (κ2) is 6.86. The van der Waals surface area contributed by atoms with Gasteiger partial charge in [-0.15, -0.1) is 0 Å². The Kier molecular flexibility index (Phi) is 4.90. The van der Waals surface area contributed by atoms with Crippen molar-refractivity contribution in [3.8, 4) is 17.2 Å². The standard InChI is InChI=1S/C15H16N2O2S/c1-2-9-18-13-5-3-4-6-14(13)19-11-7-8-12(15(16)20)17-10-11/h3-8,10H,2,9H2,1H3,(H2,16,20). The average molecular weight is 288 g/mol. The van der Waals surface area contributed by atoms with Gasteiger partial charge in [-0.1, -0.05) is 31.3 Å². The van der Waals surface area contributed by atoms with Crippen molar-refractivity contribution in [1.82, 2.24) is 4.98 Å². The summed E-state index contributed by atoms with van der Waals surface area (Å²) in [6, 6.07) is 11.0. The van der Waals surface area contributed by atoms with Crippen molar-refractivity contribution in [1.29, 1.82) is 0 Å². The third kappa shape index (κ3) is 3.68. The molecule has 1 aromatic heterocycles. The lowest BCUT2D eigenvalue weighted by atomic mass is 10.3. The number of hydrogen-bond donors (Lipinski definition) is 1. The Bertz CT molecular complexity index is 585. The summed E-state index contributed by atoms with van der Waals surface area (Å²) in [4.78, 5) is 4.40. The molecule has 2 aromatic rings. The number of hydrogen-bond acceptors (Lipinski definition) is 4. The fourth-order valence-electron chi connectivity index (χ4n) is 1.58. The van der Waals surface area contributed by atoms with Crippen LogP contribution in [0.3, 0.4) is 0 Å². The molecule has 2 rings (SSSR count). The molecular weight excluding hydrogens is 272 g/mol. The maximum atomic E-state index is 5.77. The predicted molar refractivity (Wildman–Crippen MR) is 82.4 cm³/mol. The second-order valence-corrected chi connectivity index (χ2v) is 4.58. The van der Waals surface area contributed by atoms with Crippen LogP contribution in [0.5, 0.6) is 17.2 Å². The van der Waals surface area contributed by atoms with Crippen molar-refractivity contribution in [2.24, 2.45) is 5.73 Å². The van der Waals surface area contributed by atoms with Gasteiger partial charge >= 0.3 is 0 Å². The van der Waals surface area contributed by atoms with Gasteiger partial charge in [-0.05, 0) is 30.7 Å². The lowest BCUT2D eigenvalue weighted by molar-refractivity contribution is 0.302. The molecule has 1 heterocycles. The third-order valence-corrected chi connectivity index (χ3v) is 2.74. The van der Waals surface area contributed by atoms with Crippen LogP contribution in [0.25, 0.3) is 0 Å². The monoisotopic (exact) mass is 288 g/mol. The number of para-hydroxylation sites is 2. The Morgan fingerprint density at radius 1 is 1.20 bits per heavy atom. The Labute approximate surface area is 123 Å². The first-order valence-electron chi connectivity index (χ1n) is 6.36. The summed E-state index contributed by atoms with van der Waals surface area (Å²) in [7, 11) is 0. The van der Waals surface area contributed by atoms with Crippen molar-refractivity contribution in [3.05, 3.63) is 48.3 Å². The molecule has 0 saturated heterocycles. The molecule has 0 aliphatic heterocycles. The summed E-state index contributed by atoms with van der Waals surface area (Å²) in [6.45, 7) is 2.71. The molecule has 0 atom stereocenters. The fraction of sp³-hybridized carbons (Fsp3) is 0.200. The molecule has 4 nitrogen and oxygen atoms in total. The first kappa shape index (κ1) is 14.3. The molecule has 2 N–H and O–H groups in total. The fourth-order valence-corrected chi connectivity index (χ4v) is 1.70. The topological polar surface area (TPSA) is 57.4 Å². The van der Waals surface area contributed by atoms with Crippen LogP contribution in [0.2, 0.25) is 0 Å². The number of rotatable bonds is 6. The van der Waals surface area contributed by atoms with E-state index in [0.29, 0.717) is 29.5 Å². The van der Waals surface area contributed by atoms with Gasteiger partial charge in [0.25, 0.3) is 0 Å². The normalized spacial score (nSPS) is 10.1. The number of pyridine rings is 1. The van der Waals surface area contributed by atoms with E-state index in [0.717, 1.165) is 6.42 Å². The van der Waals surface area contributed by atoms with Gasteiger partial charge in [0.15, 0.2) is 11.5 Å². The molecule has 0 radical (unpaired) electrons. The Morgan fingerprint density at radius 2 is 1.95 bits per heavy atom. The van der Waals surface area contributed by atoms with Crippen LogP contribution >= 0.6 is 12.2 Å². The lowest BCUT2D eigenvalue weighted by Crippen LogP contribution is -2.10. The summed E-state index contributed by atoms with van der Waals surface area (Å²) in [5.41, 5.74) is 6.08. The summed E-state index contributed by atoms with van der Waals surface area (Å²) < 4.78 is 11.4.